The molecule has 0 spiro atoms. The second-order valence-electron chi connectivity index (χ2n) is 7.40. The smallest absolute Gasteiger partial charge is 0.145 e. The van der Waals surface area contributed by atoms with Gasteiger partial charge in [0.15, 0.2) is 0 Å². The van der Waals surface area contributed by atoms with Gasteiger partial charge in [0.2, 0.25) is 0 Å². The van der Waals surface area contributed by atoms with Gasteiger partial charge in [-0.3, -0.25) is 4.90 Å². The largest absolute Gasteiger partial charge is 0.379 e. The molecule has 5 rings (SSSR count). The van der Waals surface area contributed by atoms with Crippen LogP contribution in [0.1, 0.15) is 25.7 Å². The summed E-state index contributed by atoms with van der Waals surface area (Å²) >= 11 is 6.11. The highest BCUT2D eigenvalue weighted by Gasteiger charge is 2.27. The number of hydrogen-bond donors (Lipinski definition) is 2. The van der Waals surface area contributed by atoms with Gasteiger partial charge in [-0.05, 0) is 37.8 Å². The Labute approximate surface area is 162 Å². The number of anilines is 1. The fourth-order valence-electron chi connectivity index (χ4n) is 4.39. The molecule has 3 aromatic heterocycles. The zero-order chi connectivity index (χ0) is 18.2. The third kappa shape index (κ3) is 3.35. The molecule has 7 nitrogen and oxygen atoms in total. The van der Waals surface area contributed by atoms with Gasteiger partial charge in [-0.1, -0.05) is 11.6 Å². The number of morpholine rings is 1. The summed E-state index contributed by atoms with van der Waals surface area (Å²) < 4.78 is 5.48. The lowest BCUT2D eigenvalue weighted by atomic mass is 9.90. The van der Waals surface area contributed by atoms with Crippen LogP contribution >= 0.6 is 11.6 Å². The van der Waals surface area contributed by atoms with Crippen molar-refractivity contribution in [3.05, 3.63) is 23.6 Å². The molecule has 0 bridgehead atoms. The molecule has 4 heterocycles. The Bertz CT molecular complexity index is 946. The zero-order valence-corrected chi connectivity index (χ0v) is 15.9. The van der Waals surface area contributed by atoms with Crippen molar-refractivity contribution < 1.29 is 4.74 Å². The second-order valence-corrected chi connectivity index (χ2v) is 7.79. The fourth-order valence-corrected chi connectivity index (χ4v) is 4.54. The Morgan fingerprint density at radius 3 is 2.74 bits per heavy atom. The van der Waals surface area contributed by atoms with E-state index in [2.05, 4.69) is 30.2 Å². The zero-order valence-electron chi connectivity index (χ0n) is 15.1. The quantitative estimate of drug-likeness (QED) is 0.673. The fraction of sp³-hybridized carbons (Fsp3) is 0.526. The Morgan fingerprint density at radius 2 is 1.93 bits per heavy atom. The van der Waals surface area contributed by atoms with Crippen molar-refractivity contribution in [3.63, 3.8) is 0 Å². The molecule has 3 aromatic rings. The summed E-state index contributed by atoms with van der Waals surface area (Å²) in [6, 6.07) is 4.83. The van der Waals surface area contributed by atoms with Crippen LogP contribution in [0.25, 0.3) is 22.1 Å². The lowest BCUT2D eigenvalue weighted by Crippen LogP contribution is -2.46. The monoisotopic (exact) mass is 386 g/mol. The van der Waals surface area contributed by atoms with Gasteiger partial charge >= 0.3 is 0 Å². The molecule has 1 aliphatic carbocycles. The van der Waals surface area contributed by atoms with E-state index in [1.54, 1.807) is 12.4 Å². The van der Waals surface area contributed by atoms with Crippen molar-refractivity contribution in [2.45, 2.75) is 37.8 Å². The second kappa shape index (κ2) is 7.22. The summed E-state index contributed by atoms with van der Waals surface area (Å²) in [5.74, 6) is 0.843. The predicted molar refractivity (Wildman–Crippen MR) is 106 cm³/mol. The first kappa shape index (κ1) is 17.2. The van der Waals surface area contributed by atoms with Crippen LogP contribution in [-0.2, 0) is 4.74 Å². The maximum Gasteiger partial charge on any atom is 0.145 e. The molecule has 27 heavy (non-hydrogen) atoms. The van der Waals surface area contributed by atoms with Crippen molar-refractivity contribution in [2.24, 2.45) is 0 Å². The van der Waals surface area contributed by atoms with Crippen LogP contribution in [0.15, 0.2) is 18.5 Å². The lowest BCUT2D eigenvalue weighted by Gasteiger charge is -2.39. The first-order chi connectivity index (χ1) is 13.3. The average molecular weight is 387 g/mol. The van der Waals surface area contributed by atoms with Crippen LogP contribution in [0.4, 0.5) is 5.82 Å². The standard InChI is InChI=1S/C19H23ClN6O/c20-15-6-5-14-17(25-15)16-18(21-11-22-19(16)24-14)23-12-1-3-13(4-2-12)26-7-9-27-10-8-26/h5-6,11-13H,1-4,7-10H2,(H2,21,22,23,24). The third-order valence-corrected chi connectivity index (χ3v) is 6.01. The molecule has 0 aromatic carbocycles. The molecule has 142 valence electrons. The Hall–Kier alpha value is -1.96. The van der Waals surface area contributed by atoms with E-state index in [0.717, 1.165) is 67.0 Å². The summed E-state index contributed by atoms with van der Waals surface area (Å²) in [4.78, 5) is 19.3. The SMILES string of the molecule is Clc1ccc2[nH]c3ncnc(NC4CCC(N5CCOCC5)CC4)c3c2n1. The van der Waals surface area contributed by atoms with Crippen LogP contribution in [-0.4, -0.2) is 63.2 Å². The number of nitrogens with one attached hydrogen (secondary N) is 2. The number of hydrogen-bond acceptors (Lipinski definition) is 6. The van der Waals surface area contributed by atoms with Crippen LogP contribution in [0.5, 0.6) is 0 Å². The molecule has 2 aliphatic rings. The van der Waals surface area contributed by atoms with Crippen LogP contribution < -0.4 is 5.32 Å². The van der Waals surface area contributed by atoms with E-state index in [1.165, 1.54) is 12.8 Å². The molecule has 0 radical (unpaired) electrons. The number of rotatable bonds is 3. The number of aromatic nitrogens is 4. The average Bonchev–Trinajstić information content (AvgIpc) is 3.08. The molecular weight excluding hydrogens is 364 g/mol. The Morgan fingerprint density at radius 1 is 1.11 bits per heavy atom. The topological polar surface area (TPSA) is 79.0 Å². The summed E-state index contributed by atoms with van der Waals surface area (Å²) in [6.07, 6.45) is 6.31. The van der Waals surface area contributed by atoms with Gasteiger partial charge in [0.1, 0.15) is 28.5 Å². The Balaban J connectivity index is 1.34. The van der Waals surface area contributed by atoms with Gasteiger partial charge in [-0.2, -0.15) is 0 Å². The summed E-state index contributed by atoms with van der Waals surface area (Å²) in [5.41, 5.74) is 2.54. The van der Waals surface area contributed by atoms with Crippen molar-refractivity contribution >= 4 is 39.5 Å². The van der Waals surface area contributed by atoms with E-state index in [4.69, 9.17) is 16.3 Å². The first-order valence-corrected chi connectivity index (χ1v) is 10.0. The number of fused-ring (bicyclic) bond motifs is 3. The van der Waals surface area contributed by atoms with Gasteiger partial charge in [0.25, 0.3) is 0 Å². The van der Waals surface area contributed by atoms with E-state index >= 15 is 0 Å². The molecule has 0 unspecified atom stereocenters. The van der Waals surface area contributed by atoms with Crippen molar-refractivity contribution in [3.8, 4) is 0 Å². The normalized spacial score (nSPS) is 24.5. The van der Waals surface area contributed by atoms with E-state index in [9.17, 15) is 0 Å². The molecule has 1 saturated heterocycles. The van der Waals surface area contributed by atoms with Gasteiger partial charge < -0.3 is 15.0 Å². The van der Waals surface area contributed by atoms with Gasteiger partial charge in [0, 0.05) is 25.2 Å². The van der Waals surface area contributed by atoms with E-state index < -0.39 is 0 Å². The van der Waals surface area contributed by atoms with Crippen molar-refractivity contribution in [1.82, 2.24) is 24.8 Å². The molecule has 0 atom stereocenters. The van der Waals surface area contributed by atoms with Crippen LogP contribution in [0.2, 0.25) is 5.15 Å². The number of H-pyrrole nitrogens is 1. The summed E-state index contributed by atoms with van der Waals surface area (Å²) in [7, 11) is 0. The number of ether oxygens (including phenoxy) is 1. The van der Waals surface area contributed by atoms with E-state index in [0.29, 0.717) is 17.2 Å². The van der Waals surface area contributed by atoms with Crippen LogP contribution in [0, 0.1) is 0 Å². The maximum atomic E-state index is 6.11. The first-order valence-electron chi connectivity index (χ1n) is 9.65. The number of aromatic amines is 1. The van der Waals surface area contributed by atoms with Crippen LogP contribution in [0.3, 0.4) is 0 Å². The number of pyridine rings is 1. The van der Waals surface area contributed by atoms with E-state index in [-0.39, 0.29) is 0 Å². The van der Waals surface area contributed by atoms with Crippen molar-refractivity contribution in [1.29, 1.82) is 0 Å². The lowest BCUT2D eigenvalue weighted by molar-refractivity contribution is 0.00791. The molecule has 1 aliphatic heterocycles. The summed E-state index contributed by atoms with van der Waals surface area (Å²) in [6.45, 7) is 3.87. The minimum Gasteiger partial charge on any atom is -0.379 e. The molecule has 2 N–H and O–H groups in total. The highest BCUT2D eigenvalue weighted by atomic mass is 35.5. The molecule has 1 saturated carbocycles. The molecule has 0 amide bonds. The molecular formula is C19H23ClN6O. The highest BCUT2D eigenvalue weighted by Crippen LogP contribution is 2.31. The summed E-state index contributed by atoms with van der Waals surface area (Å²) in [5, 5.41) is 5.05. The number of nitrogens with zero attached hydrogens (tertiary/aromatic N) is 4. The predicted octanol–water partition coefficient (Wildman–Crippen LogP) is 3.21. The molecule has 2 fully saturated rings. The highest BCUT2D eigenvalue weighted by molar-refractivity contribution is 6.30. The maximum absolute atomic E-state index is 6.11. The van der Waals surface area contributed by atoms with Gasteiger partial charge in [-0.25, -0.2) is 15.0 Å². The third-order valence-electron chi connectivity index (χ3n) is 5.80. The van der Waals surface area contributed by atoms with Gasteiger partial charge in [-0.15, -0.1) is 0 Å². The Kier molecular flexibility index (Phi) is 4.59. The molecule has 8 heteroatoms. The minimum absolute atomic E-state index is 0.421. The number of halogens is 1. The minimum atomic E-state index is 0.421. The van der Waals surface area contributed by atoms with Crippen molar-refractivity contribution in [2.75, 3.05) is 31.6 Å². The van der Waals surface area contributed by atoms with E-state index in [1.807, 2.05) is 6.07 Å². The van der Waals surface area contributed by atoms with Gasteiger partial charge in [0.05, 0.1) is 24.1 Å².